The number of fused-ring (bicyclic) bond motifs is 1. The first-order valence-electron chi connectivity index (χ1n) is 6.25. The van der Waals surface area contributed by atoms with Crippen LogP contribution in [0.5, 0.6) is 0 Å². The molecule has 6 nitrogen and oxygen atoms in total. The van der Waals surface area contributed by atoms with Gasteiger partial charge in [-0.2, -0.15) is 10.2 Å². The molecule has 0 aliphatic rings. The molecule has 0 saturated carbocycles. The van der Waals surface area contributed by atoms with Gasteiger partial charge in [-0.25, -0.2) is 9.97 Å². The van der Waals surface area contributed by atoms with E-state index in [9.17, 15) is 0 Å². The van der Waals surface area contributed by atoms with E-state index in [1.165, 1.54) is 0 Å². The van der Waals surface area contributed by atoms with Crippen molar-refractivity contribution in [1.82, 2.24) is 19.5 Å². The minimum atomic E-state index is 0.109. The number of anilines is 1. The molecule has 104 valence electrons. The maximum absolute atomic E-state index is 9.00. The Labute approximate surface area is 125 Å². The van der Waals surface area contributed by atoms with Crippen LogP contribution < -0.4 is 5.73 Å². The molecule has 0 amide bonds. The number of halogens is 1. The largest absolute Gasteiger partial charge is 0.394 e. The van der Waals surface area contributed by atoms with Crippen LogP contribution in [0.4, 0.5) is 5.69 Å². The van der Waals surface area contributed by atoms with E-state index in [-0.39, 0.29) is 11.7 Å². The number of nitrogen functional groups attached to an aromatic ring is 1. The molecule has 0 saturated heterocycles. The normalized spacial score (nSPS) is 10.7. The molecule has 0 fully saturated rings. The predicted molar refractivity (Wildman–Crippen MR) is 80.1 cm³/mol. The third-order valence-corrected chi connectivity index (χ3v) is 3.34. The lowest BCUT2D eigenvalue weighted by Gasteiger charge is -2.11. The number of rotatable bonds is 2. The van der Waals surface area contributed by atoms with Gasteiger partial charge in [0.1, 0.15) is 5.82 Å². The monoisotopic (exact) mass is 298 g/mol. The summed E-state index contributed by atoms with van der Waals surface area (Å²) >= 11 is 5.94. The number of nitriles is 1. The lowest BCUT2D eigenvalue weighted by molar-refractivity contribution is 0.909. The van der Waals surface area contributed by atoms with Crippen LogP contribution >= 0.6 is 11.6 Å². The predicted octanol–water partition coefficient (Wildman–Crippen LogP) is 2.43. The van der Waals surface area contributed by atoms with E-state index >= 15 is 0 Å². The highest BCUT2D eigenvalue weighted by Crippen LogP contribution is 2.26. The van der Waals surface area contributed by atoms with E-state index in [0.717, 1.165) is 11.0 Å². The quantitative estimate of drug-likeness (QED) is 0.733. The summed E-state index contributed by atoms with van der Waals surface area (Å²) in [5.74, 6) is 1.02. The summed E-state index contributed by atoms with van der Waals surface area (Å²) in [6.45, 7) is 1.76. The van der Waals surface area contributed by atoms with Crippen molar-refractivity contribution in [2.24, 2.45) is 0 Å². The van der Waals surface area contributed by atoms with Gasteiger partial charge in [-0.15, -0.1) is 0 Å². The summed E-state index contributed by atoms with van der Waals surface area (Å²) in [5, 5.41) is 9.11. The SMILES string of the molecule is Cc1nc(Cl)nc(-n2c(CC#N)nc3ccccc32)c1N. The molecule has 0 spiro atoms. The second kappa shape index (κ2) is 5.04. The molecule has 0 unspecified atom stereocenters. The van der Waals surface area contributed by atoms with E-state index in [4.69, 9.17) is 22.6 Å². The number of para-hydroxylation sites is 2. The van der Waals surface area contributed by atoms with Crippen LogP contribution in [0.2, 0.25) is 5.28 Å². The molecule has 3 aromatic rings. The van der Waals surface area contributed by atoms with E-state index < -0.39 is 0 Å². The van der Waals surface area contributed by atoms with Gasteiger partial charge in [-0.05, 0) is 30.7 Å². The maximum Gasteiger partial charge on any atom is 0.224 e. The molecular formula is C14H11ClN6. The Morgan fingerprint density at radius 2 is 2.05 bits per heavy atom. The van der Waals surface area contributed by atoms with E-state index in [0.29, 0.717) is 23.0 Å². The summed E-state index contributed by atoms with van der Waals surface area (Å²) in [6, 6.07) is 9.65. The maximum atomic E-state index is 9.00. The van der Waals surface area contributed by atoms with Crippen molar-refractivity contribution in [3.63, 3.8) is 0 Å². The average Bonchev–Trinajstić information content (AvgIpc) is 2.81. The lowest BCUT2D eigenvalue weighted by Crippen LogP contribution is -2.09. The highest BCUT2D eigenvalue weighted by atomic mass is 35.5. The van der Waals surface area contributed by atoms with Gasteiger partial charge in [0.15, 0.2) is 5.82 Å². The highest BCUT2D eigenvalue weighted by Gasteiger charge is 2.17. The van der Waals surface area contributed by atoms with Crippen LogP contribution in [0.3, 0.4) is 0 Å². The minimum Gasteiger partial charge on any atom is -0.394 e. The van der Waals surface area contributed by atoms with Crippen LogP contribution in [-0.2, 0) is 6.42 Å². The third kappa shape index (κ3) is 2.18. The lowest BCUT2D eigenvalue weighted by atomic mass is 10.3. The number of hydrogen-bond donors (Lipinski definition) is 1. The Hall–Kier alpha value is -2.65. The first-order chi connectivity index (χ1) is 10.1. The number of benzene rings is 1. The molecule has 0 bridgehead atoms. The van der Waals surface area contributed by atoms with Crippen LogP contribution in [0.25, 0.3) is 16.9 Å². The Morgan fingerprint density at radius 3 is 2.81 bits per heavy atom. The Morgan fingerprint density at radius 1 is 1.29 bits per heavy atom. The number of nitrogens with zero attached hydrogens (tertiary/aromatic N) is 5. The number of imidazole rings is 1. The van der Waals surface area contributed by atoms with Gasteiger partial charge in [0.2, 0.25) is 5.28 Å². The Bertz CT molecular complexity index is 877. The molecule has 2 aromatic heterocycles. The van der Waals surface area contributed by atoms with E-state index in [1.807, 2.05) is 24.3 Å². The van der Waals surface area contributed by atoms with Crippen molar-refractivity contribution in [2.45, 2.75) is 13.3 Å². The minimum absolute atomic E-state index is 0.109. The molecule has 2 N–H and O–H groups in total. The molecular weight excluding hydrogens is 288 g/mol. The zero-order chi connectivity index (χ0) is 15.0. The van der Waals surface area contributed by atoms with E-state index in [1.54, 1.807) is 11.5 Å². The first kappa shape index (κ1) is 13.3. The van der Waals surface area contributed by atoms with Gasteiger partial charge in [0, 0.05) is 0 Å². The van der Waals surface area contributed by atoms with Crippen LogP contribution in [0.1, 0.15) is 11.5 Å². The molecule has 0 aliphatic heterocycles. The van der Waals surface area contributed by atoms with Crippen molar-refractivity contribution in [2.75, 3.05) is 5.73 Å². The number of aryl methyl sites for hydroxylation is 1. The number of nitrogens with two attached hydrogens (primary N) is 1. The summed E-state index contributed by atoms with van der Waals surface area (Å²) in [7, 11) is 0. The standard InChI is InChI=1S/C14H11ClN6/c1-8-12(17)13(20-14(15)18-8)21-10-5-3-2-4-9(10)19-11(21)6-7-16/h2-5H,6,17H2,1H3. The fraction of sp³-hybridized carbons (Fsp3) is 0.143. The van der Waals surface area contributed by atoms with Gasteiger partial charge in [0.05, 0.1) is 34.9 Å². The summed E-state index contributed by atoms with van der Waals surface area (Å²) in [5.41, 5.74) is 8.69. The molecule has 3 rings (SSSR count). The zero-order valence-electron chi connectivity index (χ0n) is 11.2. The molecule has 1 aromatic carbocycles. The smallest absolute Gasteiger partial charge is 0.224 e. The van der Waals surface area contributed by atoms with Crippen molar-refractivity contribution >= 4 is 28.3 Å². The van der Waals surface area contributed by atoms with E-state index in [2.05, 4.69) is 21.0 Å². The second-order valence-electron chi connectivity index (χ2n) is 4.50. The van der Waals surface area contributed by atoms with Crippen LogP contribution in [0, 0.1) is 18.3 Å². The Balaban J connectivity index is 2.39. The molecule has 21 heavy (non-hydrogen) atoms. The molecule has 0 aliphatic carbocycles. The second-order valence-corrected chi connectivity index (χ2v) is 4.84. The van der Waals surface area contributed by atoms with Gasteiger partial charge in [-0.3, -0.25) is 4.57 Å². The first-order valence-corrected chi connectivity index (χ1v) is 6.63. The number of hydrogen-bond acceptors (Lipinski definition) is 5. The van der Waals surface area contributed by atoms with Gasteiger partial charge < -0.3 is 5.73 Å². The van der Waals surface area contributed by atoms with Gasteiger partial charge in [-0.1, -0.05) is 12.1 Å². The average molecular weight is 299 g/mol. The molecule has 0 radical (unpaired) electrons. The van der Waals surface area contributed by atoms with Gasteiger partial charge >= 0.3 is 0 Å². The molecule has 0 atom stereocenters. The molecule has 2 heterocycles. The van der Waals surface area contributed by atoms with Crippen molar-refractivity contribution < 1.29 is 0 Å². The van der Waals surface area contributed by atoms with Crippen molar-refractivity contribution in [3.05, 3.63) is 41.1 Å². The third-order valence-electron chi connectivity index (χ3n) is 3.17. The van der Waals surface area contributed by atoms with Crippen LogP contribution in [-0.4, -0.2) is 19.5 Å². The zero-order valence-corrected chi connectivity index (χ0v) is 12.0. The van der Waals surface area contributed by atoms with Crippen LogP contribution in [0.15, 0.2) is 24.3 Å². The molecule has 7 heteroatoms. The Kier molecular flexibility index (Phi) is 3.20. The summed E-state index contributed by atoms with van der Waals surface area (Å²) < 4.78 is 1.76. The summed E-state index contributed by atoms with van der Waals surface area (Å²) in [6.07, 6.45) is 0.148. The topological polar surface area (TPSA) is 93.4 Å². The fourth-order valence-corrected chi connectivity index (χ4v) is 2.41. The number of aromatic nitrogens is 4. The fourth-order valence-electron chi connectivity index (χ4n) is 2.20. The highest BCUT2D eigenvalue weighted by molar-refractivity contribution is 6.28. The van der Waals surface area contributed by atoms with Crippen molar-refractivity contribution in [1.29, 1.82) is 5.26 Å². The van der Waals surface area contributed by atoms with Crippen molar-refractivity contribution in [3.8, 4) is 11.9 Å². The van der Waals surface area contributed by atoms with Gasteiger partial charge in [0.25, 0.3) is 0 Å². The summed E-state index contributed by atoms with van der Waals surface area (Å²) in [4.78, 5) is 12.7.